The van der Waals surface area contributed by atoms with Crippen molar-refractivity contribution in [2.45, 2.75) is 13.8 Å². The number of nitrogens with one attached hydrogen (secondary N) is 2. The van der Waals surface area contributed by atoms with Crippen LogP contribution < -0.4 is 25.1 Å². The number of carbonyl (C=O) groups excluding carboxylic acids is 2. The zero-order valence-electron chi connectivity index (χ0n) is 16.2. The Kier molecular flexibility index (Phi) is 7.90. The van der Waals surface area contributed by atoms with E-state index in [1.807, 2.05) is 38.1 Å². The number of benzene rings is 2. The van der Waals surface area contributed by atoms with Crippen LogP contribution in [0.5, 0.6) is 17.2 Å². The molecule has 0 aliphatic carbocycles. The predicted octanol–water partition coefficient (Wildman–Crippen LogP) is 2.97. The van der Waals surface area contributed by atoms with E-state index >= 15 is 0 Å². The molecule has 0 aliphatic rings. The minimum Gasteiger partial charge on any atom is -0.494 e. The minimum atomic E-state index is -0.468. The highest BCUT2D eigenvalue weighted by Crippen LogP contribution is 2.27. The van der Waals surface area contributed by atoms with E-state index in [0.29, 0.717) is 30.3 Å². The Morgan fingerprint density at radius 1 is 0.929 bits per heavy atom. The molecule has 2 aromatic carbocycles. The SMILES string of the molecule is CCOc1ccc(/C=C/C(=O)NNC(=O)c2ccc(OCC)c(OC)c2)cc1. The van der Waals surface area contributed by atoms with E-state index in [1.54, 1.807) is 24.3 Å². The Labute approximate surface area is 164 Å². The maximum atomic E-state index is 12.2. The van der Waals surface area contributed by atoms with E-state index < -0.39 is 11.8 Å². The van der Waals surface area contributed by atoms with E-state index in [9.17, 15) is 9.59 Å². The first-order chi connectivity index (χ1) is 13.6. The lowest BCUT2D eigenvalue weighted by Gasteiger charge is -2.11. The second kappa shape index (κ2) is 10.6. The van der Waals surface area contributed by atoms with Gasteiger partial charge in [0, 0.05) is 11.6 Å². The van der Waals surface area contributed by atoms with Gasteiger partial charge in [0.05, 0.1) is 20.3 Å². The second-order valence-corrected chi connectivity index (χ2v) is 5.58. The fraction of sp³-hybridized carbons (Fsp3) is 0.238. The molecule has 2 N–H and O–H groups in total. The van der Waals surface area contributed by atoms with E-state index in [0.717, 1.165) is 11.3 Å². The van der Waals surface area contributed by atoms with Crippen molar-refractivity contribution in [1.82, 2.24) is 10.9 Å². The van der Waals surface area contributed by atoms with Crippen molar-refractivity contribution in [3.8, 4) is 17.2 Å². The fourth-order valence-corrected chi connectivity index (χ4v) is 2.33. The monoisotopic (exact) mass is 384 g/mol. The highest BCUT2D eigenvalue weighted by Gasteiger charge is 2.11. The van der Waals surface area contributed by atoms with Crippen LogP contribution in [0.15, 0.2) is 48.5 Å². The standard InChI is InChI=1S/C21H24N2O5/c1-4-27-17-10-6-15(7-11-17)8-13-20(24)22-23-21(25)16-9-12-18(28-5-2)19(14-16)26-3/h6-14H,4-5H2,1-3H3,(H,22,24)(H,23,25)/b13-8+. The van der Waals surface area contributed by atoms with Gasteiger partial charge >= 0.3 is 0 Å². The summed E-state index contributed by atoms with van der Waals surface area (Å²) in [5.41, 5.74) is 5.86. The number of ether oxygens (including phenoxy) is 3. The molecule has 0 atom stereocenters. The summed E-state index contributed by atoms with van der Waals surface area (Å²) >= 11 is 0. The van der Waals surface area contributed by atoms with Crippen molar-refractivity contribution >= 4 is 17.9 Å². The highest BCUT2D eigenvalue weighted by atomic mass is 16.5. The molecule has 0 saturated heterocycles. The summed E-state index contributed by atoms with van der Waals surface area (Å²) in [7, 11) is 1.49. The van der Waals surface area contributed by atoms with Crippen molar-refractivity contribution in [2.75, 3.05) is 20.3 Å². The largest absolute Gasteiger partial charge is 0.494 e. The van der Waals surface area contributed by atoms with Crippen molar-refractivity contribution in [1.29, 1.82) is 0 Å². The smallest absolute Gasteiger partial charge is 0.269 e. The molecule has 0 radical (unpaired) electrons. The Bertz CT molecular complexity index is 831. The van der Waals surface area contributed by atoms with Gasteiger partial charge < -0.3 is 14.2 Å². The van der Waals surface area contributed by atoms with Gasteiger partial charge in [0.15, 0.2) is 11.5 Å². The lowest BCUT2D eigenvalue weighted by atomic mass is 10.2. The molecule has 0 bridgehead atoms. The number of methoxy groups -OCH3 is 1. The van der Waals surface area contributed by atoms with Crippen LogP contribution in [0, 0.1) is 0 Å². The number of hydrogen-bond donors (Lipinski definition) is 2. The average Bonchev–Trinajstić information content (AvgIpc) is 2.72. The molecule has 148 valence electrons. The molecular weight excluding hydrogens is 360 g/mol. The molecule has 7 nitrogen and oxygen atoms in total. The molecule has 2 rings (SSSR count). The van der Waals surface area contributed by atoms with Gasteiger partial charge in [0.2, 0.25) is 0 Å². The maximum Gasteiger partial charge on any atom is 0.269 e. The summed E-state index contributed by atoms with van der Waals surface area (Å²) in [5.74, 6) is 0.826. The van der Waals surface area contributed by atoms with Crippen LogP contribution in [-0.2, 0) is 4.79 Å². The lowest BCUT2D eigenvalue weighted by molar-refractivity contribution is -0.117. The van der Waals surface area contributed by atoms with Crippen molar-refractivity contribution in [3.63, 3.8) is 0 Å². The fourth-order valence-electron chi connectivity index (χ4n) is 2.33. The summed E-state index contributed by atoms with van der Waals surface area (Å²) in [6.45, 7) is 4.85. The molecule has 0 heterocycles. The molecule has 0 aliphatic heterocycles. The molecular formula is C21H24N2O5. The number of hydrazine groups is 1. The van der Waals surface area contributed by atoms with E-state index in [2.05, 4.69) is 10.9 Å². The van der Waals surface area contributed by atoms with E-state index in [4.69, 9.17) is 14.2 Å². The number of rotatable bonds is 8. The predicted molar refractivity (Wildman–Crippen MR) is 106 cm³/mol. The molecule has 28 heavy (non-hydrogen) atoms. The van der Waals surface area contributed by atoms with Crippen LogP contribution in [0.2, 0.25) is 0 Å². The summed E-state index contributed by atoms with van der Waals surface area (Å²) in [4.78, 5) is 24.1. The highest BCUT2D eigenvalue weighted by molar-refractivity contribution is 5.98. The summed E-state index contributed by atoms with van der Waals surface area (Å²) < 4.78 is 16.0. The molecule has 2 amide bonds. The molecule has 0 fully saturated rings. The first-order valence-electron chi connectivity index (χ1n) is 8.89. The van der Waals surface area contributed by atoms with Gasteiger partial charge in [-0.2, -0.15) is 0 Å². The molecule has 7 heteroatoms. The van der Waals surface area contributed by atoms with Crippen LogP contribution >= 0.6 is 0 Å². The molecule has 0 aromatic heterocycles. The first-order valence-corrected chi connectivity index (χ1v) is 8.89. The third-order valence-electron chi connectivity index (χ3n) is 3.64. The Hall–Kier alpha value is -3.48. The van der Waals surface area contributed by atoms with Crippen LogP contribution in [-0.4, -0.2) is 32.1 Å². The van der Waals surface area contributed by atoms with E-state index in [1.165, 1.54) is 13.2 Å². The van der Waals surface area contributed by atoms with Crippen LogP contribution in [0.1, 0.15) is 29.8 Å². The summed E-state index contributed by atoms with van der Waals surface area (Å²) in [6.07, 6.45) is 2.96. The summed E-state index contributed by atoms with van der Waals surface area (Å²) in [5, 5.41) is 0. The average molecular weight is 384 g/mol. The zero-order chi connectivity index (χ0) is 20.4. The van der Waals surface area contributed by atoms with Crippen molar-refractivity contribution in [3.05, 3.63) is 59.7 Å². The molecule has 0 unspecified atom stereocenters. The van der Waals surface area contributed by atoms with Crippen LogP contribution in [0.4, 0.5) is 0 Å². The van der Waals surface area contributed by atoms with Gasteiger partial charge in [-0.25, -0.2) is 0 Å². The van der Waals surface area contributed by atoms with Gasteiger partial charge in [-0.05, 0) is 55.8 Å². The normalized spacial score (nSPS) is 10.4. The van der Waals surface area contributed by atoms with Gasteiger partial charge in [0.1, 0.15) is 5.75 Å². The third kappa shape index (κ3) is 6.05. The second-order valence-electron chi connectivity index (χ2n) is 5.58. The van der Waals surface area contributed by atoms with Gasteiger partial charge in [-0.15, -0.1) is 0 Å². The van der Waals surface area contributed by atoms with Gasteiger partial charge in [0.25, 0.3) is 11.8 Å². The number of carbonyl (C=O) groups is 2. The quantitative estimate of drug-likeness (QED) is 0.540. The maximum absolute atomic E-state index is 12.2. The van der Waals surface area contributed by atoms with Crippen molar-refractivity contribution in [2.24, 2.45) is 0 Å². The Morgan fingerprint density at radius 2 is 1.64 bits per heavy atom. The lowest BCUT2D eigenvalue weighted by Crippen LogP contribution is -2.40. The molecule has 0 spiro atoms. The number of amides is 2. The minimum absolute atomic E-state index is 0.330. The van der Waals surface area contributed by atoms with Crippen molar-refractivity contribution < 1.29 is 23.8 Å². The first kappa shape index (κ1) is 20.8. The zero-order valence-corrected chi connectivity index (χ0v) is 16.2. The molecule has 0 saturated carbocycles. The summed E-state index contributed by atoms with van der Waals surface area (Å²) in [6, 6.07) is 12.1. The van der Waals surface area contributed by atoms with Crippen LogP contribution in [0.3, 0.4) is 0 Å². The van der Waals surface area contributed by atoms with E-state index in [-0.39, 0.29) is 0 Å². The number of hydrogen-bond acceptors (Lipinski definition) is 5. The Morgan fingerprint density at radius 3 is 2.29 bits per heavy atom. The van der Waals surface area contributed by atoms with Gasteiger partial charge in [-0.3, -0.25) is 20.4 Å². The molecule has 2 aromatic rings. The third-order valence-corrected chi connectivity index (χ3v) is 3.64. The Balaban J connectivity index is 1.90. The van der Waals surface area contributed by atoms with Crippen LogP contribution in [0.25, 0.3) is 6.08 Å². The topological polar surface area (TPSA) is 85.9 Å². The van der Waals surface area contributed by atoms with Gasteiger partial charge in [-0.1, -0.05) is 12.1 Å².